The number of nitrogens with one attached hydrogen (secondary N) is 2. The molecule has 0 aromatic heterocycles. The highest BCUT2D eigenvalue weighted by Crippen LogP contribution is 2.25. The zero-order chi connectivity index (χ0) is 22.2. The molecule has 0 aliphatic heterocycles. The van der Waals surface area contributed by atoms with Gasteiger partial charge in [0, 0.05) is 11.3 Å². The topological polar surface area (TPSA) is 76.7 Å². The van der Waals surface area contributed by atoms with Crippen LogP contribution in [0.5, 0.6) is 11.5 Å². The maximum absolute atomic E-state index is 12.7. The van der Waals surface area contributed by atoms with Crippen LogP contribution < -0.4 is 20.1 Å². The van der Waals surface area contributed by atoms with Crippen LogP contribution in [0.3, 0.4) is 0 Å². The highest BCUT2D eigenvalue weighted by atomic mass is 16.5. The van der Waals surface area contributed by atoms with Crippen molar-refractivity contribution in [1.82, 2.24) is 0 Å². The average molecular weight is 418 g/mol. The molecule has 0 saturated heterocycles. The van der Waals surface area contributed by atoms with Crippen molar-refractivity contribution < 1.29 is 19.1 Å². The Morgan fingerprint density at radius 2 is 1.55 bits per heavy atom. The van der Waals surface area contributed by atoms with E-state index in [0.717, 1.165) is 11.1 Å². The highest BCUT2D eigenvalue weighted by molar-refractivity contribution is 6.06. The lowest BCUT2D eigenvalue weighted by Crippen LogP contribution is -2.21. The molecular weight excluding hydrogens is 392 g/mol. The summed E-state index contributed by atoms with van der Waals surface area (Å²) in [5.41, 5.74) is 3.46. The molecule has 31 heavy (non-hydrogen) atoms. The van der Waals surface area contributed by atoms with E-state index in [1.807, 2.05) is 51.1 Å². The van der Waals surface area contributed by atoms with Crippen molar-refractivity contribution in [3.05, 3.63) is 83.4 Å². The van der Waals surface area contributed by atoms with Crippen molar-refractivity contribution in [3.8, 4) is 11.5 Å². The second-order valence-electron chi connectivity index (χ2n) is 7.02. The van der Waals surface area contributed by atoms with Gasteiger partial charge in [0.05, 0.1) is 12.3 Å². The van der Waals surface area contributed by atoms with Gasteiger partial charge >= 0.3 is 0 Å². The first kappa shape index (κ1) is 21.9. The van der Waals surface area contributed by atoms with Crippen LogP contribution in [0.15, 0.2) is 66.7 Å². The summed E-state index contributed by atoms with van der Waals surface area (Å²) in [4.78, 5) is 25.0. The van der Waals surface area contributed by atoms with Crippen LogP contribution in [-0.4, -0.2) is 25.0 Å². The van der Waals surface area contributed by atoms with E-state index in [9.17, 15) is 9.59 Å². The van der Waals surface area contributed by atoms with Crippen LogP contribution in [0, 0.1) is 13.8 Å². The Hall–Kier alpha value is -3.80. The first-order chi connectivity index (χ1) is 15.0. The summed E-state index contributed by atoms with van der Waals surface area (Å²) in [6.45, 7) is 6.13. The molecule has 0 bridgehead atoms. The maximum atomic E-state index is 12.7. The molecule has 0 atom stereocenters. The summed E-state index contributed by atoms with van der Waals surface area (Å²) < 4.78 is 11.2. The lowest BCUT2D eigenvalue weighted by molar-refractivity contribution is -0.118. The summed E-state index contributed by atoms with van der Waals surface area (Å²) in [5.74, 6) is 0.710. The van der Waals surface area contributed by atoms with Crippen molar-refractivity contribution in [2.75, 3.05) is 23.8 Å². The number of aryl methyl sites for hydroxylation is 2. The first-order valence-electron chi connectivity index (χ1n) is 10.1. The van der Waals surface area contributed by atoms with E-state index in [0.29, 0.717) is 35.0 Å². The van der Waals surface area contributed by atoms with Crippen LogP contribution in [0.4, 0.5) is 11.4 Å². The number of benzene rings is 3. The molecule has 0 spiro atoms. The molecule has 6 heteroatoms. The number of para-hydroxylation sites is 3. The van der Waals surface area contributed by atoms with Crippen molar-refractivity contribution in [2.24, 2.45) is 0 Å². The summed E-state index contributed by atoms with van der Waals surface area (Å²) in [7, 11) is 0. The highest BCUT2D eigenvalue weighted by Gasteiger charge is 2.12. The first-order valence-corrected chi connectivity index (χ1v) is 10.1. The van der Waals surface area contributed by atoms with Gasteiger partial charge in [0.1, 0.15) is 11.5 Å². The summed E-state index contributed by atoms with van der Waals surface area (Å²) in [5, 5.41) is 5.62. The molecule has 3 rings (SSSR count). The molecule has 0 saturated carbocycles. The van der Waals surface area contributed by atoms with Crippen molar-refractivity contribution in [3.63, 3.8) is 0 Å². The fourth-order valence-corrected chi connectivity index (χ4v) is 3.15. The minimum absolute atomic E-state index is 0.121. The third kappa shape index (κ3) is 5.85. The molecule has 2 amide bonds. The zero-order valence-corrected chi connectivity index (χ0v) is 17.9. The maximum Gasteiger partial charge on any atom is 0.262 e. The van der Waals surface area contributed by atoms with Gasteiger partial charge in [0.15, 0.2) is 6.61 Å². The number of carbonyl (C=O) groups excluding carboxylic acids is 2. The van der Waals surface area contributed by atoms with Crippen molar-refractivity contribution in [1.29, 1.82) is 0 Å². The predicted octanol–water partition coefficient (Wildman–Crippen LogP) is 4.97. The van der Waals surface area contributed by atoms with Crippen LogP contribution in [-0.2, 0) is 4.79 Å². The van der Waals surface area contributed by atoms with Gasteiger partial charge in [0.2, 0.25) is 0 Å². The Bertz CT molecular complexity index is 1060. The minimum Gasteiger partial charge on any atom is -0.492 e. The van der Waals surface area contributed by atoms with Gasteiger partial charge in [-0.1, -0.05) is 36.4 Å². The number of rotatable bonds is 8. The average Bonchev–Trinajstić information content (AvgIpc) is 2.75. The lowest BCUT2D eigenvalue weighted by atomic mass is 10.1. The predicted molar refractivity (Wildman–Crippen MR) is 122 cm³/mol. The quantitative estimate of drug-likeness (QED) is 0.541. The van der Waals surface area contributed by atoms with Crippen LogP contribution in [0.1, 0.15) is 28.4 Å². The molecule has 0 unspecified atom stereocenters. The number of hydrogen-bond donors (Lipinski definition) is 2. The van der Waals surface area contributed by atoms with Gasteiger partial charge in [0.25, 0.3) is 11.8 Å². The van der Waals surface area contributed by atoms with E-state index >= 15 is 0 Å². The molecule has 3 aromatic rings. The molecule has 0 aliphatic rings. The molecule has 2 N–H and O–H groups in total. The SMILES string of the molecule is CCOc1ccccc1NC(=O)c1cccc(NC(=O)COc2c(C)cccc2C)c1. The Kier molecular flexibility index (Phi) is 7.27. The van der Waals surface area contributed by atoms with Gasteiger partial charge in [-0.05, 0) is 62.2 Å². The van der Waals surface area contributed by atoms with E-state index in [1.54, 1.807) is 36.4 Å². The van der Waals surface area contributed by atoms with E-state index < -0.39 is 0 Å². The number of amides is 2. The van der Waals surface area contributed by atoms with Gasteiger partial charge in [-0.15, -0.1) is 0 Å². The van der Waals surface area contributed by atoms with Gasteiger partial charge in [-0.2, -0.15) is 0 Å². The van der Waals surface area contributed by atoms with Crippen LogP contribution in [0.25, 0.3) is 0 Å². The van der Waals surface area contributed by atoms with E-state index in [2.05, 4.69) is 10.6 Å². The fourth-order valence-electron chi connectivity index (χ4n) is 3.15. The summed E-state index contributed by atoms with van der Waals surface area (Å²) in [6, 6.07) is 19.8. The van der Waals surface area contributed by atoms with E-state index in [4.69, 9.17) is 9.47 Å². The van der Waals surface area contributed by atoms with Crippen molar-refractivity contribution in [2.45, 2.75) is 20.8 Å². The third-order valence-corrected chi connectivity index (χ3v) is 4.60. The normalized spacial score (nSPS) is 10.3. The minimum atomic E-state index is -0.304. The number of ether oxygens (including phenoxy) is 2. The molecule has 0 radical (unpaired) electrons. The van der Waals surface area contributed by atoms with Gasteiger partial charge < -0.3 is 20.1 Å². The molecule has 0 heterocycles. The summed E-state index contributed by atoms with van der Waals surface area (Å²) in [6.07, 6.45) is 0. The Morgan fingerprint density at radius 1 is 0.839 bits per heavy atom. The Labute approximate surface area is 182 Å². The Morgan fingerprint density at radius 3 is 2.29 bits per heavy atom. The second kappa shape index (κ2) is 10.3. The molecule has 3 aromatic carbocycles. The third-order valence-electron chi connectivity index (χ3n) is 4.60. The molecule has 0 aliphatic carbocycles. The lowest BCUT2D eigenvalue weighted by Gasteiger charge is -2.13. The van der Waals surface area contributed by atoms with Gasteiger partial charge in [-0.25, -0.2) is 0 Å². The van der Waals surface area contributed by atoms with Crippen LogP contribution >= 0.6 is 0 Å². The molecule has 6 nitrogen and oxygen atoms in total. The summed E-state index contributed by atoms with van der Waals surface area (Å²) >= 11 is 0. The van der Waals surface area contributed by atoms with Crippen LogP contribution in [0.2, 0.25) is 0 Å². The van der Waals surface area contributed by atoms with E-state index in [1.165, 1.54) is 0 Å². The largest absolute Gasteiger partial charge is 0.492 e. The van der Waals surface area contributed by atoms with Crippen molar-refractivity contribution >= 4 is 23.2 Å². The number of anilines is 2. The molecule has 0 fully saturated rings. The smallest absolute Gasteiger partial charge is 0.262 e. The monoisotopic (exact) mass is 418 g/mol. The Balaban J connectivity index is 1.63. The second-order valence-corrected chi connectivity index (χ2v) is 7.02. The fraction of sp³-hybridized carbons (Fsp3) is 0.200. The zero-order valence-electron chi connectivity index (χ0n) is 17.9. The standard InChI is InChI=1S/C25H26N2O4/c1-4-30-22-14-6-5-13-21(22)27-25(29)19-11-8-12-20(15-19)26-23(28)16-31-24-17(2)9-7-10-18(24)3/h5-15H,4,16H2,1-3H3,(H,26,28)(H,27,29). The molecule has 160 valence electrons. The van der Waals surface area contributed by atoms with E-state index in [-0.39, 0.29) is 18.4 Å². The molecular formula is C25H26N2O4. The van der Waals surface area contributed by atoms with Gasteiger partial charge in [-0.3, -0.25) is 9.59 Å². The number of carbonyl (C=O) groups is 2. The number of hydrogen-bond acceptors (Lipinski definition) is 4.